The predicted molar refractivity (Wildman–Crippen MR) is 75.7 cm³/mol. The number of nitrogens with one attached hydrogen (secondary N) is 2. The van der Waals surface area contributed by atoms with Gasteiger partial charge in [-0.1, -0.05) is 19.8 Å². The van der Waals surface area contributed by atoms with Crippen LogP contribution in [0.1, 0.15) is 47.0 Å². The van der Waals surface area contributed by atoms with Crippen molar-refractivity contribution < 1.29 is 4.79 Å². The molecule has 4 nitrogen and oxygen atoms in total. The molecule has 1 atom stereocenters. The summed E-state index contributed by atoms with van der Waals surface area (Å²) in [6.45, 7) is 12.2. The molecule has 0 saturated carbocycles. The molecule has 1 fully saturated rings. The van der Waals surface area contributed by atoms with Gasteiger partial charge in [-0.2, -0.15) is 0 Å². The third-order valence-electron chi connectivity index (χ3n) is 3.79. The summed E-state index contributed by atoms with van der Waals surface area (Å²) in [5.41, 5.74) is 0.0540. The fourth-order valence-electron chi connectivity index (χ4n) is 2.59. The molecule has 1 unspecified atom stereocenters. The van der Waals surface area contributed by atoms with E-state index in [0.29, 0.717) is 0 Å². The van der Waals surface area contributed by atoms with Gasteiger partial charge in [0.1, 0.15) is 0 Å². The molecule has 0 aromatic rings. The van der Waals surface area contributed by atoms with E-state index in [1.54, 1.807) is 0 Å². The van der Waals surface area contributed by atoms with E-state index in [1.807, 2.05) is 6.92 Å². The summed E-state index contributed by atoms with van der Waals surface area (Å²) < 4.78 is 0. The second kappa shape index (κ2) is 7.10. The maximum Gasteiger partial charge on any atom is 0.237 e. The van der Waals surface area contributed by atoms with Crippen molar-refractivity contribution >= 4 is 5.91 Å². The normalized spacial score (nSPS) is 21.6. The molecule has 1 rings (SSSR count). The molecule has 1 saturated heterocycles. The van der Waals surface area contributed by atoms with E-state index in [-0.39, 0.29) is 17.5 Å². The van der Waals surface area contributed by atoms with E-state index in [0.717, 1.165) is 32.6 Å². The Labute approximate surface area is 111 Å². The number of hydrogen-bond acceptors (Lipinski definition) is 3. The number of carbonyl (C=O) groups excluding carboxylic acids is 1. The largest absolute Gasteiger partial charge is 0.355 e. The number of nitrogens with zero attached hydrogens (tertiary/aromatic N) is 1. The molecule has 0 radical (unpaired) electrons. The number of rotatable bonds is 6. The van der Waals surface area contributed by atoms with Gasteiger partial charge >= 0.3 is 0 Å². The standard InChI is InChI=1S/C14H29N3O/c1-5-6-7-8-16-13(18)12(2)17-10-9-15-11-14(17,3)4/h12,15H,5-11H2,1-4H3,(H,16,18). The van der Waals surface area contributed by atoms with Crippen LogP contribution in [0.25, 0.3) is 0 Å². The minimum atomic E-state index is -0.0382. The quantitative estimate of drug-likeness (QED) is 0.705. The second-order valence-corrected chi connectivity index (χ2v) is 5.86. The van der Waals surface area contributed by atoms with Crippen LogP contribution >= 0.6 is 0 Å². The molecule has 1 aliphatic rings. The van der Waals surface area contributed by atoms with Crippen molar-refractivity contribution in [1.82, 2.24) is 15.5 Å². The van der Waals surface area contributed by atoms with Gasteiger partial charge in [-0.3, -0.25) is 9.69 Å². The molecular formula is C14H29N3O. The SMILES string of the molecule is CCCCCNC(=O)C(C)N1CCNCC1(C)C. The Morgan fingerprint density at radius 2 is 2.17 bits per heavy atom. The maximum absolute atomic E-state index is 12.1. The molecular weight excluding hydrogens is 226 g/mol. The zero-order chi connectivity index (χ0) is 13.6. The van der Waals surface area contributed by atoms with Gasteiger partial charge in [-0.05, 0) is 27.2 Å². The average Bonchev–Trinajstić information content (AvgIpc) is 2.33. The van der Waals surface area contributed by atoms with Crippen LogP contribution in [0, 0.1) is 0 Å². The summed E-state index contributed by atoms with van der Waals surface area (Å²) >= 11 is 0. The fraction of sp³-hybridized carbons (Fsp3) is 0.929. The van der Waals surface area contributed by atoms with E-state index >= 15 is 0 Å². The number of unbranched alkanes of at least 4 members (excludes halogenated alkanes) is 2. The van der Waals surface area contributed by atoms with E-state index < -0.39 is 0 Å². The van der Waals surface area contributed by atoms with Crippen LogP contribution in [0.5, 0.6) is 0 Å². The van der Waals surface area contributed by atoms with E-state index in [2.05, 4.69) is 36.3 Å². The van der Waals surface area contributed by atoms with Gasteiger partial charge < -0.3 is 10.6 Å². The van der Waals surface area contributed by atoms with Crippen molar-refractivity contribution in [3.63, 3.8) is 0 Å². The third kappa shape index (κ3) is 4.25. The van der Waals surface area contributed by atoms with E-state index in [9.17, 15) is 4.79 Å². The van der Waals surface area contributed by atoms with Crippen LogP contribution in [0.15, 0.2) is 0 Å². The minimum absolute atomic E-state index is 0.0382. The first-order valence-electron chi connectivity index (χ1n) is 7.24. The van der Waals surface area contributed by atoms with E-state index in [1.165, 1.54) is 12.8 Å². The van der Waals surface area contributed by atoms with Gasteiger partial charge in [0, 0.05) is 31.7 Å². The van der Waals surface area contributed by atoms with Gasteiger partial charge in [0.2, 0.25) is 5.91 Å². The summed E-state index contributed by atoms with van der Waals surface area (Å²) in [5.74, 6) is 0.168. The monoisotopic (exact) mass is 255 g/mol. The lowest BCUT2D eigenvalue weighted by Crippen LogP contribution is -2.63. The molecule has 4 heteroatoms. The minimum Gasteiger partial charge on any atom is -0.355 e. The highest BCUT2D eigenvalue weighted by Gasteiger charge is 2.35. The highest BCUT2D eigenvalue weighted by molar-refractivity contribution is 5.81. The van der Waals surface area contributed by atoms with Crippen molar-refractivity contribution in [1.29, 1.82) is 0 Å². The molecule has 0 bridgehead atoms. The van der Waals surface area contributed by atoms with Crippen molar-refractivity contribution in [2.75, 3.05) is 26.2 Å². The van der Waals surface area contributed by atoms with Crippen molar-refractivity contribution in [3.8, 4) is 0 Å². The number of amides is 1. The molecule has 0 spiro atoms. The van der Waals surface area contributed by atoms with Crippen molar-refractivity contribution in [2.45, 2.75) is 58.5 Å². The third-order valence-corrected chi connectivity index (χ3v) is 3.79. The van der Waals surface area contributed by atoms with Crippen LogP contribution in [0.3, 0.4) is 0 Å². The first-order chi connectivity index (χ1) is 8.49. The molecule has 0 aromatic carbocycles. The molecule has 1 amide bonds. The predicted octanol–water partition coefficient (Wildman–Crippen LogP) is 1.37. The second-order valence-electron chi connectivity index (χ2n) is 5.86. The van der Waals surface area contributed by atoms with Crippen molar-refractivity contribution in [3.05, 3.63) is 0 Å². The number of piperazine rings is 1. The highest BCUT2D eigenvalue weighted by atomic mass is 16.2. The van der Waals surface area contributed by atoms with Gasteiger partial charge in [0.25, 0.3) is 0 Å². The van der Waals surface area contributed by atoms with Gasteiger partial charge in [-0.25, -0.2) is 0 Å². The molecule has 18 heavy (non-hydrogen) atoms. The van der Waals surface area contributed by atoms with E-state index in [4.69, 9.17) is 0 Å². The van der Waals surface area contributed by atoms with Crippen LogP contribution in [0.4, 0.5) is 0 Å². The Bertz CT molecular complexity index is 266. The summed E-state index contributed by atoms with van der Waals surface area (Å²) in [7, 11) is 0. The van der Waals surface area contributed by atoms with Crippen LogP contribution < -0.4 is 10.6 Å². The summed E-state index contributed by atoms with van der Waals surface area (Å²) in [5, 5.41) is 6.44. The first kappa shape index (κ1) is 15.4. The number of hydrogen-bond donors (Lipinski definition) is 2. The lowest BCUT2D eigenvalue weighted by Gasteiger charge is -2.45. The molecule has 1 heterocycles. The van der Waals surface area contributed by atoms with Gasteiger partial charge in [0.05, 0.1) is 6.04 Å². The lowest BCUT2D eigenvalue weighted by atomic mass is 9.97. The summed E-state index contributed by atoms with van der Waals surface area (Å²) in [4.78, 5) is 14.4. The molecule has 1 aliphatic heterocycles. The molecule has 0 aliphatic carbocycles. The molecule has 0 aromatic heterocycles. The van der Waals surface area contributed by atoms with Crippen LogP contribution in [0.2, 0.25) is 0 Å². The summed E-state index contributed by atoms with van der Waals surface area (Å²) in [6, 6.07) is -0.0382. The smallest absolute Gasteiger partial charge is 0.237 e. The Morgan fingerprint density at radius 1 is 1.44 bits per heavy atom. The lowest BCUT2D eigenvalue weighted by molar-refractivity contribution is -0.128. The average molecular weight is 255 g/mol. The maximum atomic E-state index is 12.1. The Kier molecular flexibility index (Phi) is 6.09. The Balaban J connectivity index is 2.41. The first-order valence-corrected chi connectivity index (χ1v) is 7.24. The topological polar surface area (TPSA) is 44.4 Å². The molecule has 106 valence electrons. The molecule has 2 N–H and O–H groups in total. The number of carbonyl (C=O) groups is 1. The van der Waals surface area contributed by atoms with Crippen LogP contribution in [-0.4, -0.2) is 48.6 Å². The van der Waals surface area contributed by atoms with Crippen molar-refractivity contribution in [2.24, 2.45) is 0 Å². The zero-order valence-electron chi connectivity index (χ0n) is 12.4. The highest BCUT2D eigenvalue weighted by Crippen LogP contribution is 2.19. The summed E-state index contributed by atoms with van der Waals surface area (Å²) in [6.07, 6.45) is 3.46. The van der Waals surface area contributed by atoms with Gasteiger partial charge in [-0.15, -0.1) is 0 Å². The van der Waals surface area contributed by atoms with Gasteiger partial charge in [0.15, 0.2) is 0 Å². The zero-order valence-corrected chi connectivity index (χ0v) is 12.4. The van der Waals surface area contributed by atoms with Crippen LogP contribution in [-0.2, 0) is 4.79 Å². The Morgan fingerprint density at radius 3 is 2.78 bits per heavy atom. The Hall–Kier alpha value is -0.610. The fourth-order valence-corrected chi connectivity index (χ4v) is 2.59.